The summed E-state index contributed by atoms with van der Waals surface area (Å²) in [7, 11) is 0. The van der Waals surface area contributed by atoms with Crippen molar-refractivity contribution in [3.05, 3.63) is 58.7 Å². The quantitative estimate of drug-likeness (QED) is 0.728. The number of hydrogen-bond acceptors (Lipinski definition) is 4. The Bertz CT molecular complexity index is 782. The van der Waals surface area contributed by atoms with Gasteiger partial charge in [0.25, 0.3) is 5.56 Å². The van der Waals surface area contributed by atoms with Crippen molar-refractivity contribution < 1.29 is 5.11 Å². The lowest BCUT2D eigenvalue weighted by Gasteiger charge is -2.01. The Balaban J connectivity index is 2.06. The van der Waals surface area contributed by atoms with Crippen molar-refractivity contribution in [3.8, 4) is 11.5 Å². The van der Waals surface area contributed by atoms with E-state index >= 15 is 0 Å². The standard InChI is InChI=1S/C13H13N5O2/c1-9-14-4-5-17(9)11-7-16-18(13(11)20)12-3-2-10(8-19)6-15-12/h2-7,16,19H,8H2,1H3. The first-order valence-electron chi connectivity index (χ1n) is 6.07. The van der Waals surface area contributed by atoms with Crippen LogP contribution in [0.3, 0.4) is 0 Å². The summed E-state index contributed by atoms with van der Waals surface area (Å²) in [5.41, 5.74) is 0.961. The summed E-state index contributed by atoms with van der Waals surface area (Å²) >= 11 is 0. The number of aromatic amines is 1. The van der Waals surface area contributed by atoms with Crippen molar-refractivity contribution in [2.45, 2.75) is 13.5 Å². The molecular formula is C13H13N5O2. The number of imidazole rings is 1. The van der Waals surface area contributed by atoms with Gasteiger partial charge in [-0.2, -0.15) is 4.68 Å². The van der Waals surface area contributed by atoms with E-state index in [1.807, 2.05) is 6.92 Å². The fraction of sp³-hybridized carbons (Fsp3) is 0.154. The molecule has 0 amide bonds. The zero-order valence-corrected chi connectivity index (χ0v) is 10.8. The molecule has 0 unspecified atom stereocenters. The number of aryl methyl sites for hydroxylation is 1. The number of rotatable bonds is 3. The van der Waals surface area contributed by atoms with Gasteiger partial charge in [0.1, 0.15) is 11.5 Å². The molecule has 0 radical (unpaired) electrons. The van der Waals surface area contributed by atoms with Crippen molar-refractivity contribution in [1.29, 1.82) is 0 Å². The van der Waals surface area contributed by atoms with Crippen LogP contribution in [0.15, 0.2) is 41.7 Å². The molecule has 3 heterocycles. The highest BCUT2D eigenvalue weighted by Crippen LogP contribution is 2.07. The highest BCUT2D eigenvalue weighted by molar-refractivity contribution is 5.32. The molecule has 7 nitrogen and oxygen atoms in total. The summed E-state index contributed by atoms with van der Waals surface area (Å²) in [6.45, 7) is 1.75. The maximum absolute atomic E-state index is 12.4. The summed E-state index contributed by atoms with van der Waals surface area (Å²) in [4.78, 5) is 20.6. The van der Waals surface area contributed by atoms with Gasteiger partial charge in [-0.3, -0.25) is 14.5 Å². The molecule has 0 aliphatic rings. The molecule has 0 aliphatic heterocycles. The second-order valence-corrected chi connectivity index (χ2v) is 4.33. The van der Waals surface area contributed by atoms with Gasteiger partial charge in [-0.15, -0.1) is 0 Å². The van der Waals surface area contributed by atoms with Crippen molar-refractivity contribution in [1.82, 2.24) is 24.3 Å². The fourth-order valence-electron chi connectivity index (χ4n) is 1.98. The molecule has 0 fully saturated rings. The van der Waals surface area contributed by atoms with Crippen LogP contribution in [0.4, 0.5) is 0 Å². The molecule has 0 saturated heterocycles. The first-order valence-corrected chi connectivity index (χ1v) is 6.07. The number of aromatic nitrogens is 5. The van der Waals surface area contributed by atoms with Crippen LogP contribution in [0.25, 0.3) is 11.5 Å². The Labute approximate surface area is 114 Å². The van der Waals surface area contributed by atoms with Crippen LogP contribution in [0.1, 0.15) is 11.4 Å². The summed E-state index contributed by atoms with van der Waals surface area (Å²) < 4.78 is 3.05. The van der Waals surface area contributed by atoms with E-state index in [0.717, 1.165) is 5.82 Å². The van der Waals surface area contributed by atoms with Gasteiger partial charge in [-0.1, -0.05) is 6.07 Å². The predicted molar refractivity (Wildman–Crippen MR) is 72.0 cm³/mol. The van der Waals surface area contributed by atoms with Gasteiger partial charge in [0.05, 0.1) is 6.61 Å². The summed E-state index contributed by atoms with van der Waals surface area (Å²) in [5, 5.41) is 11.9. The molecule has 0 bridgehead atoms. The van der Waals surface area contributed by atoms with E-state index in [1.165, 1.54) is 10.9 Å². The minimum Gasteiger partial charge on any atom is -0.392 e. The van der Waals surface area contributed by atoms with Crippen molar-refractivity contribution in [2.24, 2.45) is 0 Å². The number of hydrogen-bond donors (Lipinski definition) is 2. The molecular weight excluding hydrogens is 258 g/mol. The van der Waals surface area contributed by atoms with E-state index in [9.17, 15) is 4.79 Å². The van der Waals surface area contributed by atoms with Gasteiger partial charge in [-0.05, 0) is 18.6 Å². The highest BCUT2D eigenvalue weighted by Gasteiger charge is 2.11. The summed E-state index contributed by atoms with van der Waals surface area (Å²) in [5.74, 6) is 1.20. The van der Waals surface area contributed by atoms with E-state index in [-0.39, 0.29) is 12.2 Å². The van der Waals surface area contributed by atoms with Crippen LogP contribution in [-0.4, -0.2) is 29.4 Å². The second-order valence-electron chi connectivity index (χ2n) is 4.33. The molecule has 3 rings (SSSR count). The molecule has 0 aliphatic carbocycles. The average molecular weight is 271 g/mol. The topological polar surface area (TPSA) is 88.7 Å². The lowest BCUT2D eigenvalue weighted by Crippen LogP contribution is -2.19. The minimum atomic E-state index is -0.213. The normalized spacial score (nSPS) is 10.9. The predicted octanol–water partition coefficient (Wildman–Crippen LogP) is 0.547. The maximum Gasteiger partial charge on any atom is 0.296 e. The van der Waals surface area contributed by atoms with Gasteiger partial charge in [0.2, 0.25) is 0 Å². The highest BCUT2D eigenvalue weighted by atomic mass is 16.3. The number of H-pyrrole nitrogens is 1. The molecule has 0 atom stereocenters. The van der Waals surface area contributed by atoms with Gasteiger partial charge in [0, 0.05) is 24.8 Å². The van der Waals surface area contributed by atoms with Crippen LogP contribution < -0.4 is 5.56 Å². The third-order valence-corrected chi connectivity index (χ3v) is 3.06. The van der Waals surface area contributed by atoms with E-state index < -0.39 is 0 Å². The molecule has 102 valence electrons. The number of nitrogens with one attached hydrogen (secondary N) is 1. The largest absolute Gasteiger partial charge is 0.392 e. The fourth-order valence-corrected chi connectivity index (χ4v) is 1.98. The molecule has 0 aromatic carbocycles. The Hall–Kier alpha value is -2.67. The van der Waals surface area contributed by atoms with Crippen LogP contribution in [0.2, 0.25) is 0 Å². The second kappa shape index (κ2) is 4.78. The lowest BCUT2D eigenvalue weighted by atomic mass is 10.3. The number of nitrogens with zero attached hydrogens (tertiary/aromatic N) is 4. The molecule has 0 saturated carbocycles. The number of aliphatic hydroxyl groups excluding tert-OH is 1. The molecule has 20 heavy (non-hydrogen) atoms. The van der Waals surface area contributed by atoms with Crippen molar-refractivity contribution >= 4 is 0 Å². The Morgan fingerprint density at radius 3 is 2.80 bits per heavy atom. The lowest BCUT2D eigenvalue weighted by molar-refractivity contribution is 0.281. The van der Waals surface area contributed by atoms with E-state index in [4.69, 9.17) is 5.11 Å². The molecule has 3 aromatic heterocycles. The number of aliphatic hydroxyl groups is 1. The minimum absolute atomic E-state index is 0.0770. The van der Waals surface area contributed by atoms with E-state index in [1.54, 1.807) is 35.3 Å². The molecule has 7 heteroatoms. The Kier molecular flexibility index (Phi) is 2.96. The van der Waals surface area contributed by atoms with Crippen LogP contribution in [0, 0.1) is 6.92 Å². The summed E-state index contributed by atoms with van der Waals surface area (Å²) in [6.07, 6.45) is 6.51. The van der Waals surface area contributed by atoms with Crippen LogP contribution >= 0.6 is 0 Å². The van der Waals surface area contributed by atoms with Crippen molar-refractivity contribution in [3.63, 3.8) is 0 Å². The van der Waals surface area contributed by atoms with Crippen LogP contribution in [0.5, 0.6) is 0 Å². The monoisotopic (exact) mass is 271 g/mol. The van der Waals surface area contributed by atoms with Gasteiger partial charge < -0.3 is 5.11 Å². The Morgan fingerprint density at radius 1 is 1.35 bits per heavy atom. The SMILES string of the molecule is Cc1nccn1-c1c[nH]n(-c2ccc(CO)cn2)c1=O. The first kappa shape index (κ1) is 12.4. The summed E-state index contributed by atoms with van der Waals surface area (Å²) in [6, 6.07) is 3.39. The third-order valence-electron chi connectivity index (χ3n) is 3.06. The molecule has 2 N–H and O–H groups in total. The van der Waals surface area contributed by atoms with E-state index in [2.05, 4.69) is 15.1 Å². The Morgan fingerprint density at radius 2 is 2.20 bits per heavy atom. The number of pyridine rings is 1. The zero-order valence-electron chi connectivity index (χ0n) is 10.8. The van der Waals surface area contributed by atoms with E-state index in [0.29, 0.717) is 17.1 Å². The third kappa shape index (κ3) is 1.94. The molecule has 0 spiro atoms. The molecule has 3 aromatic rings. The van der Waals surface area contributed by atoms with Crippen LogP contribution in [-0.2, 0) is 6.61 Å². The van der Waals surface area contributed by atoms with Gasteiger partial charge in [-0.25, -0.2) is 9.97 Å². The maximum atomic E-state index is 12.4. The van der Waals surface area contributed by atoms with Gasteiger partial charge in [0.15, 0.2) is 5.82 Å². The van der Waals surface area contributed by atoms with Gasteiger partial charge >= 0.3 is 0 Å². The average Bonchev–Trinajstić information content (AvgIpc) is 3.05. The van der Waals surface area contributed by atoms with Crippen molar-refractivity contribution in [2.75, 3.05) is 0 Å². The smallest absolute Gasteiger partial charge is 0.296 e. The zero-order chi connectivity index (χ0) is 14.1. The first-order chi connectivity index (χ1) is 9.70.